The topological polar surface area (TPSA) is 212 Å². The molecule has 2 aliphatic rings. The molecule has 0 unspecified atom stereocenters. The molecule has 218 valence electrons. The van der Waals surface area contributed by atoms with Crippen molar-refractivity contribution in [2.75, 3.05) is 0 Å². The standard InChI is InChI=1S/C31H28O11/c32-14-7-24(39)28-26(8-14)42-31(13-2-4-19(34)23(38)6-13)30(41)29(28)27-17-9-15(12-1-3-18(33)22(37)5-12)20(35)10-16(17)21(36)11-25(27)40/h1-8,11,15,20,29-41H,9-10H2/t15-,20-,29+,30-,31-/m1/s1. The summed E-state index contributed by atoms with van der Waals surface area (Å²) in [5.41, 5.74) is 1.60. The van der Waals surface area contributed by atoms with Gasteiger partial charge in [-0.25, -0.2) is 0 Å². The molecule has 5 atom stereocenters. The molecule has 11 heteroatoms. The highest BCUT2D eigenvalue weighted by Crippen LogP contribution is 2.55. The van der Waals surface area contributed by atoms with Crippen LogP contribution < -0.4 is 4.74 Å². The molecule has 1 heterocycles. The summed E-state index contributed by atoms with van der Waals surface area (Å²) in [4.78, 5) is 0. The van der Waals surface area contributed by atoms with E-state index < -0.39 is 53.1 Å². The Labute approximate surface area is 238 Å². The zero-order valence-corrected chi connectivity index (χ0v) is 21.9. The first-order chi connectivity index (χ1) is 19.9. The van der Waals surface area contributed by atoms with Gasteiger partial charge in [0.2, 0.25) is 0 Å². The summed E-state index contributed by atoms with van der Waals surface area (Å²) >= 11 is 0. The van der Waals surface area contributed by atoms with Crippen molar-refractivity contribution >= 4 is 0 Å². The van der Waals surface area contributed by atoms with Gasteiger partial charge in [-0.2, -0.15) is 0 Å². The van der Waals surface area contributed by atoms with Gasteiger partial charge in [0.1, 0.15) is 34.9 Å². The highest BCUT2D eigenvalue weighted by molar-refractivity contribution is 5.64. The number of benzene rings is 4. The Morgan fingerprint density at radius 3 is 1.83 bits per heavy atom. The zero-order valence-electron chi connectivity index (χ0n) is 21.9. The number of phenolic OH excluding ortho intramolecular Hbond substituents is 8. The quantitative estimate of drug-likeness (QED) is 0.160. The summed E-state index contributed by atoms with van der Waals surface area (Å²) in [6.07, 6.45) is -3.77. The van der Waals surface area contributed by atoms with Crippen LogP contribution in [0.25, 0.3) is 0 Å². The first kappa shape index (κ1) is 27.2. The van der Waals surface area contributed by atoms with Gasteiger partial charge >= 0.3 is 0 Å². The van der Waals surface area contributed by atoms with E-state index in [1.54, 1.807) is 0 Å². The van der Waals surface area contributed by atoms with E-state index in [-0.39, 0.29) is 58.3 Å². The first-order valence-corrected chi connectivity index (χ1v) is 13.1. The van der Waals surface area contributed by atoms with Crippen molar-refractivity contribution in [2.45, 2.75) is 43.0 Å². The van der Waals surface area contributed by atoms with Gasteiger partial charge in [0.05, 0.1) is 12.0 Å². The van der Waals surface area contributed by atoms with Crippen molar-refractivity contribution in [2.24, 2.45) is 0 Å². The normalized spacial score (nSPS) is 23.0. The van der Waals surface area contributed by atoms with E-state index in [4.69, 9.17) is 4.74 Å². The van der Waals surface area contributed by atoms with E-state index in [1.807, 2.05) is 0 Å². The van der Waals surface area contributed by atoms with Crippen LogP contribution in [0.2, 0.25) is 0 Å². The first-order valence-electron chi connectivity index (χ1n) is 13.1. The molecular weight excluding hydrogens is 548 g/mol. The van der Waals surface area contributed by atoms with E-state index in [0.29, 0.717) is 16.7 Å². The molecule has 4 aromatic rings. The predicted octanol–water partition coefficient (Wildman–Crippen LogP) is 3.20. The summed E-state index contributed by atoms with van der Waals surface area (Å²) in [5.74, 6) is -4.92. The van der Waals surface area contributed by atoms with E-state index >= 15 is 0 Å². The molecule has 1 aliphatic carbocycles. The monoisotopic (exact) mass is 576 g/mol. The summed E-state index contributed by atoms with van der Waals surface area (Å²) in [5, 5.41) is 106. The third-order valence-electron chi connectivity index (χ3n) is 8.24. The fraction of sp³-hybridized carbons (Fsp3) is 0.226. The molecule has 4 aromatic carbocycles. The van der Waals surface area contributed by atoms with Gasteiger partial charge in [-0.1, -0.05) is 12.1 Å². The molecule has 0 saturated carbocycles. The van der Waals surface area contributed by atoms with Gasteiger partial charge in [-0.05, 0) is 47.4 Å². The maximum atomic E-state index is 11.8. The molecular formula is C31H28O11. The maximum absolute atomic E-state index is 11.8. The number of ether oxygens (including phenoxy) is 1. The van der Waals surface area contributed by atoms with Gasteiger partial charge in [-0.3, -0.25) is 0 Å². The van der Waals surface area contributed by atoms with Gasteiger partial charge < -0.3 is 55.8 Å². The number of phenols is 8. The Morgan fingerprint density at radius 1 is 0.548 bits per heavy atom. The molecule has 0 radical (unpaired) electrons. The van der Waals surface area contributed by atoms with Crippen LogP contribution in [0, 0.1) is 0 Å². The molecule has 1 aliphatic heterocycles. The lowest BCUT2D eigenvalue weighted by Crippen LogP contribution is -2.37. The van der Waals surface area contributed by atoms with E-state index in [2.05, 4.69) is 0 Å². The Kier molecular flexibility index (Phi) is 6.36. The van der Waals surface area contributed by atoms with Crippen LogP contribution in [0.15, 0.2) is 54.6 Å². The SMILES string of the molecule is Oc1cc(O)c2c(c1)O[C@H](c1ccc(O)c(O)c1)[C@H](O)[C@H]2c1c(O)cc(O)c2c1C[C@H](c1ccc(O)c(O)c1)[C@H](O)C2. The van der Waals surface area contributed by atoms with Crippen molar-refractivity contribution < 1.29 is 55.8 Å². The lowest BCUT2D eigenvalue weighted by atomic mass is 9.71. The van der Waals surface area contributed by atoms with Crippen LogP contribution in [-0.2, 0) is 12.8 Å². The predicted molar refractivity (Wildman–Crippen MR) is 146 cm³/mol. The van der Waals surface area contributed by atoms with Crippen LogP contribution in [-0.4, -0.2) is 63.3 Å². The minimum atomic E-state index is -1.51. The number of hydrogen-bond acceptors (Lipinski definition) is 11. The second-order valence-electron chi connectivity index (χ2n) is 10.7. The van der Waals surface area contributed by atoms with Crippen molar-refractivity contribution in [3.63, 3.8) is 0 Å². The number of aliphatic hydroxyl groups excluding tert-OH is 2. The summed E-state index contributed by atoms with van der Waals surface area (Å²) in [6.45, 7) is 0. The van der Waals surface area contributed by atoms with Crippen LogP contribution in [0.4, 0.5) is 0 Å². The van der Waals surface area contributed by atoms with Crippen molar-refractivity contribution in [1.29, 1.82) is 0 Å². The molecule has 42 heavy (non-hydrogen) atoms. The lowest BCUT2D eigenvalue weighted by molar-refractivity contribution is 0.00654. The smallest absolute Gasteiger partial charge is 0.157 e. The number of aromatic hydroxyl groups is 8. The average molecular weight is 577 g/mol. The molecule has 11 nitrogen and oxygen atoms in total. The maximum Gasteiger partial charge on any atom is 0.157 e. The molecule has 0 fully saturated rings. The highest BCUT2D eigenvalue weighted by atomic mass is 16.5. The van der Waals surface area contributed by atoms with Gasteiger partial charge in [0.25, 0.3) is 0 Å². The molecule has 0 spiro atoms. The molecule has 6 rings (SSSR count). The number of fused-ring (bicyclic) bond motifs is 2. The molecule has 0 aromatic heterocycles. The number of hydrogen-bond donors (Lipinski definition) is 10. The largest absolute Gasteiger partial charge is 0.508 e. The van der Waals surface area contributed by atoms with Gasteiger partial charge in [0.15, 0.2) is 29.1 Å². The van der Waals surface area contributed by atoms with E-state index in [0.717, 1.165) is 12.1 Å². The van der Waals surface area contributed by atoms with Crippen molar-refractivity contribution in [3.8, 4) is 51.7 Å². The third kappa shape index (κ3) is 4.30. The third-order valence-corrected chi connectivity index (χ3v) is 8.24. The van der Waals surface area contributed by atoms with Gasteiger partial charge in [-0.15, -0.1) is 0 Å². The Hall–Kier alpha value is -5.00. The average Bonchev–Trinajstić information content (AvgIpc) is 2.93. The van der Waals surface area contributed by atoms with Crippen LogP contribution in [0.1, 0.15) is 51.3 Å². The Morgan fingerprint density at radius 2 is 1.17 bits per heavy atom. The summed E-state index contributed by atoms with van der Waals surface area (Å²) in [7, 11) is 0. The summed E-state index contributed by atoms with van der Waals surface area (Å²) in [6, 6.07) is 11.4. The fourth-order valence-corrected chi connectivity index (χ4v) is 6.25. The van der Waals surface area contributed by atoms with Crippen LogP contribution >= 0.6 is 0 Å². The van der Waals surface area contributed by atoms with Crippen LogP contribution in [0.3, 0.4) is 0 Å². The Balaban J connectivity index is 1.55. The number of rotatable bonds is 3. The van der Waals surface area contributed by atoms with Gasteiger partial charge in [0, 0.05) is 47.2 Å². The molecule has 0 saturated heterocycles. The van der Waals surface area contributed by atoms with Crippen LogP contribution in [0.5, 0.6) is 51.7 Å². The molecule has 0 bridgehead atoms. The van der Waals surface area contributed by atoms with Crippen molar-refractivity contribution in [3.05, 3.63) is 88.0 Å². The second kappa shape index (κ2) is 9.82. The van der Waals surface area contributed by atoms with E-state index in [9.17, 15) is 51.1 Å². The highest BCUT2D eigenvalue weighted by Gasteiger charge is 2.45. The molecule has 0 amide bonds. The fourth-order valence-electron chi connectivity index (χ4n) is 6.25. The number of aliphatic hydroxyl groups is 2. The molecule has 10 N–H and O–H groups in total. The lowest BCUT2D eigenvalue weighted by Gasteiger charge is -2.40. The van der Waals surface area contributed by atoms with E-state index in [1.165, 1.54) is 42.5 Å². The zero-order chi connectivity index (χ0) is 30.0. The van der Waals surface area contributed by atoms with Crippen molar-refractivity contribution in [1.82, 2.24) is 0 Å². The summed E-state index contributed by atoms with van der Waals surface area (Å²) < 4.78 is 5.99. The minimum absolute atomic E-state index is 0.0163. The Bertz CT molecular complexity index is 1720. The minimum Gasteiger partial charge on any atom is -0.508 e. The second-order valence-corrected chi connectivity index (χ2v) is 10.7.